The van der Waals surface area contributed by atoms with E-state index in [4.69, 9.17) is 0 Å². The van der Waals surface area contributed by atoms with Crippen molar-refractivity contribution in [2.24, 2.45) is 0 Å². The fourth-order valence-corrected chi connectivity index (χ4v) is 8.42. The van der Waals surface area contributed by atoms with Crippen LogP contribution in [-0.2, 0) is 0 Å². The average Bonchev–Trinajstić information content (AvgIpc) is 3.29. The number of pyridine rings is 2. The molecule has 2 heteroatoms. The van der Waals surface area contributed by atoms with Gasteiger partial charge in [0.25, 0.3) is 0 Å². The molecule has 0 fully saturated rings. The van der Waals surface area contributed by atoms with Crippen LogP contribution in [0.4, 0.5) is 0 Å². The van der Waals surface area contributed by atoms with Crippen LogP contribution in [0.2, 0.25) is 0 Å². The lowest BCUT2D eigenvalue weighted by molar-refractivity contribution is 0.871. The van der Waals surface area contributed by atoms with Gasteiger partial charge in [-0.2, -0.15) is 0 Å². The molecule has 264 valence electrons. The van der Waals surface area contributed by atoms with Crippen LogP contribution in [0.15, 0.2) is 213 Å². The zero-order valence-corrected chi connectivity index (χ0v) is 30.9. The summed E-state index contributed by atoms with van der Waals surface area (Å²) in [5, 5.41) is 4.92. The van der Waals surface area contributed by atoms with E-state index in [1.807, 2.05) is 36.7 Å². The number of nitrogens with zero attached hydrogens (tertiary/aromatic N) is 2. The smallest absolute Gasteiger partial charge is 0.0701 e. The summed E-state index contributed by atoms with van der Waals surface area (Å²) in [6, 6.07) is 67.8. The molecule has 2 heterocycles. The quantitative estimate of drug-likeness (QED) is 0.154. The van der Waals surface area contributed by atoms with Gasteiger partial charge in [-0.05, 0) is 108 Å². The van der Waals surface area contributed by atoms with E-state index in [-0.39, 0.29) is 5.92 Å². The molecule has 0 aliphatic heterocycles. The van der Waals surface area contributed by atoms with Crippen molar-refractivity contribution < 1.29 is 0 Å². The molecule has 7 aromatic carbocycles. The maximum atomic E-state index is 4.63. The summed E-state index contributed by atoms with van der Waals surface area (Å²) >= 11 is 0. The molecule has 9 aromatic rings. The van der Waals surface area contributed by atoms with E-state index in [2.05, 4.69) is 186 Å². The van der Waals surface area contributed by atoms with Crippen LogP contribution in [0.25, 0.3) is 77.5 Å². The summed E-state index contributed by atoms with van der Waals surface area (Å²) in [6.07, 6.45) is 9.55. The van der Waals surface area contributed by atoms with E-state index in [9.17, 15) is 0 Å². The maximum absolute atomic E-state index is 4.63. The van der Waals surface area contributed by atoms with Crippen LogP contribution in [0, 0.1) is 0 Å². The lowest BCUT2D eigenvalue weighted by Crippen LogP contribution is -2.04. The van der Waals surface area contributed by atoms with Crippen molar-refractivity contribution in [3.8, 4) is 44.8 Å². The molecule has 1 atom stereocenters. The van der Waals surface area contributed by atoms with Gasteiger partial charge >= 0.3 is 0 Å². The van der Waals surface area contributed by atoms with Gasteiger partial charge in [-0.25, -0.2) is 0 Å². The van der Waals surface area contributed by atoms with Gasteiger partial charge in [0.1, 0.15) is 0 Å². The lowest BCUT2D eigenvalue weighted by atomic mass is 9.80. The third-order valence-corrected chi connectivity index (χ3v) is 11.1. The predicted octanol–water partition coefficient (Wildman–Crippen LogP) is 14.1. The number of hydrogen-bond donors (Lipinski definition) is 0. The highest BCUT2D eigenvalue weighted by molar-refractivity contribution is 6.22. The summed E-state index contributed by atoms with van der Waals surface area (Å²) in [7, 11) is 0. The number of allylic oxidation sites excluding steroid dienone is 4. The molecule has 0 radical (unpaired) electrons. The fraction of sp³-hybridized carbons (Fsp3) is 0.0370. The van der Waals surface area contributed by atoms with Gasteiger partial charge in [-0.15, -0.1) is 0 Å². The van der Waals surface area contributed by atoms with Crippen molar-refractivity contribution in [3.05, 3.63) is 229 Å². The van der Waals surface area contributed by atoms with Crippen molar-refractivity contribution >= 4 is 32.7 Å². The number of rotatable bonds is 7. The molecule has 0 N–H and O–H groups in total. The van der Waals surface area contributed by atoms with E-state index in [1.54, 1.807) is 0 Å². The highest BCUT2D eigenvalue weighted by Crippen LogP contribution is 2.46. The molecule has 2 aromatic heterocycles. The Morgan fingerprint density at radius 1 is 0.375 bits per heavy atom. The summed E-state index contributed by atoms with van der Waals surface area (Å²) < 4.78 is 0. The Balaban J connectivity index is 1.20. The molecule has 0 spiro atoms. The van der Waals surface area contributed by atoms with Crippen LogP contribution in [0.3, 0.4) is 0 Å². The van der Waals surface area contributed by atoms with E-state index in [1.165, 1.54) is 71.6 Å². The summed E-state index contributed by atoms with van der Waals surface area (Å²) in [5.41, 5.74) is 15.4. The second kappa shape index (κ2) is 14.6. The van der Waals surface area contributed by atoms with Crippen LogP contribution < -0.4 is 0 Å². The minimum Gasteiger partial charge on any atom is -0.256 e. The van der Waals surface area contributed by atoms with Crippen molar-refractivity contribution in [3.63, 3.8) is 0 Å². The first-order valence-electron chi connectivity index (χ1n) is 19.3. The molecule has 1 unspecified atom stereocenters. The molecule has 10 rings (SSSR count). The zero-order chi connectivity index (χ0) is 37.3. The van der Waals surface area contributed by atoms with Crippen LogP contribution in [-0.4, -0.2) is 9.97 Å². The Kier molecular flexibility index (Phi) is 8.70. The Labute approximate surface area is 327 Å². The normalized spacial score (nSPS) is 14.0. The van der Waals surface area contributed by atoms with Gasteiger partial charge in [0.15, 0.2) is 0 Å². The first-order valence-corrected chi connectivity index (χ1v) is 19.3. The van der Waals surface area contributed by atoms with Gasteiger partial charge in [0.05, 0.1) is 11.4 Å². The first-order chi connectivity index (χ1) is 27.8. The third-order valence-electron chi connectivity index (χ3n) is 11.1. The fourth-order valence-electron chi connectivity index (χ4n) is 8.42. The second-order valence-corrected chi connectivity index (χ2v) is 14.5. The second-order valence-electron chi connectivity index (χ2n) is 14.5. The zero-order valence-electron chi connectivity index (χ0n) is 30.9. The van der Waals surface area contributed by atoms with Crippen molar-refractivity contribution in [2.75, 3.05) is 0 Å². The molecule has 0 saturated carbocycles. The Morgan fingerprint density at radius 2 is 0.857 bits per heavy atom. The highest BCUT2D eigenvalue weighted by Gasteiger charge is 2.22. The van der Waals surface area contributed by atoms with Crippen molar-refractivity contribution in [1.82, 2.24) is 9.97 Å². The molecule has 0 bridgehead atoms. The van der Waals surface area contributed by atoms with Crippen LogP contribution in [0.5, 0.6) is 0 Å². The summed E-state index contributed by atoms with van der Waals surface area (Å²) in [4.78, 5) is 9.24. The van der Waals surface area contributed by atoms with Crippen molar-refractivity contribution in [2.45, 2.75) is 12.3 Å². The Morgan fingerprint density at radius 3 is 1.43 bits per heavy atom. The SMILES string of the molecule is C1=C(c2ccc3c(-c4ccc(-c5ccccn5)cc4)c4ccccc4c(-c4ccc(-c5ccccn5)cc4)c3c2)C=C(c2ccccc2)CC1c1ccccc1. The Hall–Kier alpha value is -7.16. The van der Waals surface area contributed by atoms with E-state index in [0.717, 1.165) is 28.9 Å². The number of benzene rings is 7. The predicted molar refractivity (Wildman–Crippen MR) is 235 cm³/mol. The third kappa shape index (κ3) is 6.32. The van der Waals surface area contributed by atoms with Gasteiger partial charge in [0, 0.05) is 29.4 Å². The molecule has 2 nitrogen and oxygen atoms in total. The lowest BCUT2D eigenvalue weighted by Gasteiger charge is -2.24. The maximum Gasteiger partial charge on any atom is 0.0701 e. The van der Waals surface area contributed by atoms with Gasteiger partial charge in [-0.1, -0.05) is 170 Å². The first kappa shape index (κ1) is 33.4. The van der Waals surface area contributed by atoms with Gasteiger partial charge < -0.3 is 0 Å². The molecule has 1 aliphatic rings. The van der Waals surface area contributed by atoms with Crippen LogP contribution in [0.1, 0.15) is 29.0 Å². The summed E-state index contributed by atoms with van der Waals surface area (Å²) in [6.45, 7) is 0. The molecule has 56 heavy (non-hydrogen) atoms. The number of aromatic nitrogens is 2. The van der Waals surface area contributed by atoms with Gasteiger partial charge in [-0.3, -0.25) is 9.97 Å². The van der Waals surface area contributed by atoms with E-state index < -0.39 is 0 Å². The Bertz CT molecular complexity index is 2880. The standard InChI is InChI=1S/C54H38N2/c1-3-13-37(14-4-1)44-33-45(38-15-5-2-6-16-38)35-46(34-44)43-29-30-49-50(36-43)54(42-27-23-40(24-28-42)52-20-10-12-32-56-52)48-18-8-7-17-47(48)53(49)41-25-21-39(22-26-41)51-19-9-11-31-55-51/h1-32,34-36,44H,33H2. The molecule has 0 saturated heterocycles. The highest BCUT2D eigenvalue weighted by atomic mass is 14.7. The monoisotopic (exact) mass is 714 g/mol. The van der Waals surface area contributed by atoms with Crippen molar-refractivity contribution in [1.29, 1.82) is 0 Å². The van der Waals surface area contributed by atoms with Crippen LogP contribution >= 0.6 is 0 Å². The van der Waals surface area contributed by atoms with Gasteiger partial charge in [0.2, 0.25) is 0 Å². The topological polar surface area (TPSA) is 25.8 Å². The molecular formula is C54H38N2. The minimum atomic E-state index is 0.269. The average molecular weight is 715 g/mol. The minimum absolute atomic E-state index is 0.269. The molecule has 1 aliphatic carbocycles. The van der Waals surface area contributed by atoms with E-state index >= 15 is 0 Å². The molecule has 0 amide bonds. The molecular weight excluding hydrogens is 677 g/mol. The number of fused-ring (bicyclic) bond motifs is 2. The van der Waals surface area contributed by atoms with E-state index in [0.29, 0.717) is 0 Å². The largest absolute Gasteiger partial charge is 0.256 e. The summed E-state index contributed by atoms with van der Waals surface area (Å²) in [5.74, 6) is 0.269. The number of hydrogen-bond acceptors (Lipinski definition) is 2.